The van der Waals surface area contributed by atoms with Crippen LogP contribution in [0.3, 0.4) is 0 Å². The minimum atomic E-state index is -1.03. The highest BCUT2D eigenvalue weighted by molar-refractivity contribution is 5.78. The van der Waals surface area contributed by atoms with Crippen molar-refractivity contribution < 1.29 is 19.2 Å². The van der Waals surface area contributed by atoms with Crippen molar-refractivity contribution in [2.24, 2.45) is 5.73 Å². The van der Waals surface area contributed by atoms with Gasteiger partial charge in [-0.15, -0.1) is 0 Å². The van der Waals surface area contributed by atoms with Gasteiger partial charge in [-0.3, -0.25) is 14.9 Å². The second-order valence-corrected chi connectivity index (χ2v) is 3.18. The van der Waals surface area contributed by atoms with Gasteiger partial charge in [-0.1, -0.05) is 0 Å². The third-order valence-electron chi connectivity index (χ3n) is 2.22. The van der Waals surface area contributed by atoms with Crippen molar-refractivity contribution in [1.29, 1.82) is 0 Å². The number of benzene rings is 1. The number of nitro groups is 1. The number of nitrogens with two attached hydrogens (primary N) is 1. The molecule has 0 aromatic heterocycles. The van der Waals surface area contributed by atoms with Crippen molar-refractivity contribution in [2.45, 2.75) is 6.04 Å². The number of esters is 1. The minimum absolute atomic E-state index is 0.136. The molecule has 1 aromatic carbocycles. The van der Waals surface area contributed by atoms with Crippen LogP contribution in [-0.4, -0.2) is 25.1 Å². The maximum Gasteiger partial charge on any atom is 0.327 e. The molecule has 0 amide bonds. The number of methoxy groups -OCH3 is 2. The van der Waals surface area contributed by atoms with Crippen molar-refractivity contribution >= 4 is 11.7 Å². The van der Waals surface area contributed by atoms with E-state index in [1.54, 1.807) is 0 Å². The fraction of sp³-hybridized carbons (Fsp3) is 0.300. The van der Waals surface area contributed by atoms with Gasteiger partial charge >= 0.3 is 5.97 Å². The van der Waals surface area contributed by atoms with Crippen molar-refractivity contribution in [3.05, 3.63) is 33.9 Å². The summed E-state index contributed by atoms with van der Waals surface area (Å²) in [6, 6.07) is 2.80. The molecule has 0 radical (unpaired) electrons. The lowest BCUT2D eigenvalue weighted by atomic mass is 10.1. The molecule has 0 aliphatic carbocycles. The van der Waals surface area contributed by atoms with E-state index in [0.717, 1.165) is 0 Å². The van der Waals surface area contributed by atoms with Crippen LogP contribution in [0.2, 0.25) is 0 Å². The molecule has 0 saturated heterocycles. The van der Waals surface area contributed by atoms with E-state index in [1.807, 2.05) is 0 Å². The lowest BCUT2D eigenvalue weighted by molar-refractivity contribution is -0.384. The molecule has 0 spiro atoms. The average molecular weight is 240 g/mol. The molecule has 2 N–H and O–H groups in total. The van der Waals surface area contributed by atoms with Crippen molar-refractivity contribution in [3.8, 4) is 5.75 Å². The van der Waals surface area contributed by atoms with Crippen molar-refractivity contribution in [2.75, 3.05) is 14.2 Å². The third-order valence-corrected chi connectivity index (χ3v) is 2.22. The zero-order chi connectivity index (χ0) is 13.0. The van der Waals surface area contributed by atoms with E-state index in [0.29, 0.717) is 5.56 Å². The topological polar surface area (TPSA) is 105 Å². The summed E-state index contributed by atoms with van der Waals surface area (Å²) >= 11 is 0. The number of carbonyl (C=O) groups is 1. The van der Waals surface area contributed by atoms with Gasteiger partial charge in [0.2, 0.25) is 0 Å². The van der Waals surface area contributed by atoms with Crippen molar-refractivity contribution in [3.63, 3.8) is 0 Å². The van der Waals surface area contributed by atoms with Gasteiger partial charge in [0, 0.05) is 11.6 Å². The van der Waals surface area contributed by atoms with E-state index in [1.165, 1.54) is 32.4 Å². The maximum atomic E-state index is 11.3. The number of rotatable bonds is 4. The predicted octanol–water partition coefficient (Wildman–Crippen LogP) is 0.776. The van der Waals surface area contributed by atoms with Crippen molar-refractivity contribution in [1.82, 2.24) is 0 Å². The van der Waals surface area contributed by atoms with Gasteiger partial charge in [0.15, 0.2) is 0 Å². The first-order chi connectivity index (χ1) is 8.01. The Hall–Kier alpha value is -2.15. The van der Waals surface area contributed by atoms with E-state index < -0.39 is 16.9 Å². The molecule has 1 atom stereocenters. The molecular formula is C10H12N2O5. The van der Waals surface area contributed by atoms with E-state index >= 15 is 0 Å². The highest BCUT2D eigenvalue weighted by Gasteiger charge is 2.22. The molecular weight excluding hydrogens is 228 g/mol. The van der Waals surface area contributed by atoms with Gasteiger partial charge in [-0.05, 0) is 6.07 Å². The number of hydrogen-bond acceptors (Lipinski definition) is 6. The lowest BCUT2D eigenvalue weighted by Crippen LogP contribution is -2.23. The second kappa shape index (κ2) is 5.26. The number of nitro benzene ring substituents is 1. The first-order valence-electron chi connectivity index (χ1n) is 4.67. The molecule has 1 rings (SSSR count). The molecule has 1 unspecified atom stereocenters. The quantitative estimate of drug-likeness (QED) is 0.473. The molecule has 0 heterocycles. The summed E-state index contributed by atoms with van der Waals surface area (Å²) in [5.41, 5.74) is 5.83. The largest absolute Gasteiger partial charge is 0.496 e. The first kappa shape index (κ1) is 12.9. The highest BCUT2D eigenvalue weighted by Crippen LogP contribution is 2.28. The van der Waals surface area contributed by atoms with E-state index in [9.17, 15) is 14.9 Å². The fourth-order valence-electron chi connectivity index (χ4n) is 1.32. The highest BCUT2D eigenvalue weighted by atomic mass is 16.6. The van der Waals surface area contributed by atoms with Crippen LogP contribution in [0.25, 0.3) is 0 Å². The number of carbonyl (C=O) groups excluding carboxylic acids is 1. The number of nitrogens with zero attached hydrogens (tertiary/aromatic N) is 1. The monoisotopic (exact) mass is 240 g/mol. The Balaban J connectivity index is 3.17. The van der Waals surface area contributed by atoms with Gasteiger partial charge in [0.05, 0.1) is 25.2 Å². The Labute approximate surface area is 97.3 Å². The summed E-state index contributed by atoms with van der Waals surface area (Å²) in [5, 5.41) is 10.6. The fourth-order valence-corrected chi connectivity index (χ4v) is 1.32. The van der Waals surface area contributed by atoms with Crippen LogP contribution in [0.15, 0.2) is 18.2 Å². The summed E-state index contributed by atoms with van der Waals surface area (Å²) in [6.45, 7) is 0. The molecule has 7 nitrogen and oxygen atoms in total. The van der Waals surface area contributed by atoms with Crippen LogP contribution in [0.5, 0.6) is 5.75 Å². The molecule has 0 fully saturated rings. The molecule has 0 bridgehead atoms. The predicted molar refractivity (Wildman–Crippen MR) is 58.6 cm³/mol. The minimum Gasteiger partial charge on any atom is -0.496 e. The summed E-state index contributed by atoms with van der Waals surface area (Å²) in [5.74, 6) is -0.464. The van der Waals surface area contributed by atoms with Gasteiger partial charge in [-0.25, -0.2) is 0 Å². The SMILES string of the molecule is COC(=O)C(N)c1ccc([N+](=O)[O-])cc1OC. The Morgan fingerprint density at radius 3 is 2.59 bits per heavy atom. The van der Waals surface area contributed by atoms with Gasteiger partial charge in [-0.2, -0.15) is 0 Å². The standard InChI is InChI=1S/C10H12N2O5/c1-16-8-5-6(12(14)15)3-4-7(8)9(11)10(13)17-2/h3-5,9H,11H2,1-2H3. The third kappa shape index (κ3) is 2.70. The Morgan fingerprint density at radius 2 is 2.12 bits per heavy atom. The Bertz CT molecular complexity index is 446. The summed E-state index contributed by atoms with van der Waals surface area (Å²) in [4.78, 5) is 21.3. The normalized spacial score (nSPS) is 11.7. The second-order valence-electron chi connectivity index (χ2n) is 3.18. The molecule has 7 heteroatoms. The zero-order valence-corrected chi connectivity index (χ0v) is 9.38. The molecule has 1 aromatic rings. The molecule has 0 saturated carbocycles. The summed E-state index contributed by atoms with van der Waals surface area (Å²) in [6.07, 6.45) is 0. The first-order valence-corrected chi connectivity index (χ1v) is 4.67. The molecule has 0 aliphatic rings. The van der Waals surface area contributed by atoms with Crippen LogP contribution in [-0.2, 0) is 9.53 Å². The van der Waals surface area contributed by atoms with Crippen LogP contribution in [0, 0.1) is 10.1 Å². The van der Waals surface area contributed by atoms with Crippen LogP contribution >= 0.6 is 0 Å². The van der Waals surface area contributed by atoms with E-state index in [4.69, 9.17) is 10.5 Å². The summed E-state index contributed by atoms with van der Waals surface area (Å²) in [7, 11) is 2.55. The Kier molecular flexibility index (Phi) is 4.00. The van der Waals surface area contributed by atoms with E-state index in [-0.39, 0.29) is 11.4 Å². The molecule has 92 valence electrons. The average Bonchev–Trinajstić information content (AvgIpc) is 2.35. The smallest absolute Gasteiger partial charge is 0.327 e. The lowest BCUT2D eigenvalue weighted by Gasteiger charge is -2.13. The van der Waals surface area contributed by atoms with Crippen LogP contribution < -0.4 is 10.5 Å². The van der Waals surface area contributed by atoms with Crippen LogP contribution in [0.1, 0.15) is 11.6 Å². The van der Waals surface area contributed by atoms with Gasteiger partial charge < -0.3 is 15.2 Å². The number of hydrogen-bond donors (Lipinski definition) is 1. The van der Waals surface area contributed by atoms with Gasteiger partial charge in [0.25, 0.3) is 5.69 Å². The maximum absolute atomic E-state index is 11.3. The van der Waals surface area contributed by atoms with Crippen LogP contribution in [0.4, 0.5) is 5.69 Å². The summed E-state index contributed by atoms with van der Waals surface area (Å²) < 4.78 is 9.45. The number of ether oxygens (including phenoxy) is 2. The van der Waals surface area contributed by atoms with Gasteiger partial charge in [0.1, 0.15) is 11.8 Å². The zero-order valence-electron chi connectivity index (χ0n) is 9.38. The molecule has 0 aliphatic heterocycles. The molecule has 17 heavy (non-hydrogen) atoms. The van der Waals surface area contributed by atoms with E-state index in [2.05, 4.69) is 4.74 Å². The number of non-ortho nitro benzene ring substituents is 1. The Morgan fingerprint density at radius 1 is 1.47 bits per heavy atom.